The molecule has 0 aromatic heterocycles. The monoisotopic (exact) mass is 420 g/mol. The number of hydrogen-bond acceptors (Lipinski definition) is 6. The fourth-order valence-electron chi connectivity index (χ4n) is 2.88. The number of amides is 1. The van der Waals surface area contributed by atoms with Crippen molar-refractivity contribution in [2.45, 2.75) is 31.0 Å². The fourth-order valence-corrected chi connectivity index (χ4v) is 3.93. The first-order chi connectivity index (χ1) is 13.7. The number of carbonyl (C=O) groups is 1. The summed E-state index contributed by atoms with van der Waals surface area (Å²) in [7, 11) is -0.896. The molecule has 2 aromatic rings. The molecule has 0 radical (unpaired) electrons. The molecule has 0 saturated heterocycles. The van der Waals surface area contributed by atoms with E-state index in [1.165, 1.54) is 26.2 Å². The lowest BCUT2D eigenvalue weighted by molar-refractivity contribution is -0.128. The highest BCUT2D eigenvalue weighted by molar-refractivity contribution is 7.89. The van der Waals surface area contributed by atoms with Crippen molar-refractivity contribution in [1.82, 2.24) is 4.31 Å². The van der Waals surface area contributed by atoms with E-state index in [4.69, 9.17) is 14.2 Å². The highest BCUT2D eigenvalue weighted by Crippen LogP contribution is 2.34. The van der Waals surface area contributed by atoms with Crippen LogP contribution in [0.4, 0.5) is 5.69 Å². The van der Waals surface area contributed by atoms with E-state index in [0.29, 0.717) is 23.8 Å². The summed E-state index contributed by atoms with van der Waals surface area (Å²) in [6, 6.07) is 11.6. The van der Waals surface area contributed by atoms with Gasteiger partial charge in [-0.05, 0) is 44.2 Å². The second-order valence-electron chi connectivity index (χ2n) is 6.68. The number of rotatable bonds is 6. The second-order valence-corrected chi connectivity index (χ2v) is 8.80. The summed E-state index contributed by atoms with van der Waals surface area (Å²) in [6.45, 7) is 3.81. The molecule has 1 amide bonds. The van der Waals surface area contributed by atoms with Gasteiger partial charge in [-0.2, -0.15) is 0 Å². The maximum atomic E-state index is 12.8. The Hall–Kier alpha value is -2.78. The summed E-state index contributed by atoms with van der Waals surface area (Å²) in [4.78, 5) is 12.8. The number of fused-ring (bicyclic) bond motifs is 1. The summed E-state index contributed by atoms with van der Waals surface area (Å²) in [5.74, 6) is 0.834. The fraction of sp³-hybridized carbons (Fsp3) is 0.350. The maximum Gasteiger partial charge on any atom is 0.269 e. The van der Waals surface area contributed by atoms with Crippen molar-refractivity contribution in [3.05, 3.63) is 42.5 Å². The molecule has 156 valence electrons. The van der Waals surface area contributed by atoms with Crippen LogP contribution >= 0.6 is 0 Å². The molecule has 0 spiro atoms. The van der Waals surface area contributed by atoms with E-state index in [9.17, 15) is 13.2 Å². The molecule has 2 aromatic carbocycles. The van der Waals surface area contributed by atoms with Crippen molar-refractivity contribution in [3.63, 3.8) is 0 Å². The number of nitrogens with zero attached hydrogens (tertiary/aromatic N) is 1. The first-order valence-corrected chi connectivity index (χ1v) is 10.6. The molecular formula is C20H24N2O6S. The van der Waals surface area contributed by atoms with Gasteiger partial charge >= 0.3 is 0 Å². The van der Waals surface area contributed by atoms with Crippen molar-refractivity contribution in [2.24, 2.45) is 0 Å². The average molecular weight is 420 g/mol. The minimum absolute atomic E-state index is 0.0265. The Bertz CT molecular complexity index is 1010. The number of ether oxygens (including phenoxy) is 3. The summed E-state index contributed by atoms with van der Waals surface area (Å²) in [6.07, 6.45) is -1.40. The molecule has 8 nitrogen and oxygen atoms in total. The van der Waals surface area contributed by atoms with Gasteiger partial charge in [-0.1, -0.05) is 12.1 Å². The van der Waals surface area contributed by atoms with Gasteiger partial charge in [0.1, 0.15) is 16.7 Å². The van der Waals surface area contributed by atoms with Gasteiger partial charge in [-0.3, -0.25) is 4.79 Å². The van der Waals surface area contributed by atoms with Gasteiger partial charge in [0.2, 0.25) is 16.1 Å². The predicted octanol–water partition coefficient (Wildman–Crippen LogP) is 2.50. The minimum atomic E-state index is -3.76. The van der Waals surface area contributed by atoms with Crippen molar-refractivity contribution >= 4 is 21.6 Å². The molecule has 1 aliphatic heterocycles. The zero-order valence-corrected chi connectivity index (χ0v) is 17.5. The van der Waals surface area contributed by atoms with Gasteiger partial charge in [0.15, 0.2) is 11.5 Å². The minimum Gasteiger partial charge on any atom is -0.492 e. The van der Waals surface area contributed by atoms with Crippen LogP contribution in [0.3, 0.4) is 0 Å². The smallest absolute Gasteiger partial charge is 0.269 e. The van der Waals surface area contributed by atoms with Crippen LogP contribution in [0.2, 0.25) is 0 Å². The summed E-state index contributed by atoms with van der Waals surface area (Å²) < 4.78 is 43.4. The van der Waals surface area contributed by atoms with Gasteiger partial charge in [0.25, 0.3) is 5.91 Å². The highest BCUT2D eigenvalue weighted by atomic mass is 32.2. The highest BCUT2D eigenvalue weighted by Gasteiger charge is 2.34. The van der Waals surface area contributed by atoms with E-state index >= 15 is 0 Å². The van der Waals surface area contributed by atoms with E-state index in [1.54, 1.807) is 38.1 Å². The van der Waals surface area contributed by atoms with E-state index in [2.05, 4.69) is 5.32 Å². The molecule has 29 heavy (non-hydrogen) atoms. The van der Waals surface area contributed by atoms with Crippen LogP contribution in [0.1, 0.15) is 13.8 Å². The van der Waals surface area contributed by atoms with Crippen LogP contribution in [0, 0.1) is 0 Å². The Labute approximate surface area is 170 Å². The largest absolute Gasteiger partial charge is 0.492 e. The van der Waals surface area contributed by atoms with Gasteiger partial charge < -0.3 is 19.5 Å². The maximum absolute atomic E-state index is 12.8. The molecule has 3 rings (SSSR count). The average Bonchev–Trinajstić information content (AvgIpc) is 2.68. The van der Waals surface area contributed by atoms with E-state index in [1.807, 2.05) is 6.07 Å². The zero-order valence-electron chi connectivity index (χ0n) is 16.7. The van der Waals surface area contributed by atoms with Crippen LogP contribution in [0.15, 0.2) is 47.4 Å². The number of benzene rings is 2. The molecule has 1 N–H and O–H groups in total. The van der Waals surface area contributed by atoms with Crippen molar-refractivity contribution < 1.29 is 27.4 Å². The Kier molecular flexibility index (Phi) is 5.99. The first-order valence-electron chi connectivity index (χ1n) is 9.16. The number of sulfonamides is 1. The molecule has 0 aliphatic carbocycles. The second kappa shape index (κ2) is 8.30. The zero-order chi connectivity index (χ0) is 21.2. The topological polar surface area (TPSA) is 94.2 Å². The van der Waals surface area contributed by atoms with E-state index in [-0.39, 0.29) is 10.6 Å². The van der Waals surface area contributed by atoms with Gasteiger partial charge in [-0.25, -0.2) is 12.7 Å². The third-order valence-electron chi connectivity index (χ3n) is 4.37. The predicted molar refractivity (Wildman–Crippen MR) is 108 cm³/mol. The third kappa shape index (κ3) is 4.30. The molecule has 2 atom stereocenters. The Morgan fingerprint density at radius 3 is 2.41 bits per heavy atom. The van der Waals surface area contributed by atoms with Gasteiger partial charge in [0.05, 0.1) is 6.61 Å². The Morgan fingerprint density at radius 1 is 1.14 bits per heavy atom. The molecule has 9 heteroatoms. The van der Waals surface area contributed by atoms with Crippen LogP contribution in [-0.2, 0) is 14.8 Å². The van der Waals surface area contributed by atoms with Crippen LogP contribution < -0.4 is 19.5 Å². The van der Waals surface area contributed by atoms with Crippen LogP contribution in [0.5, 0.6) is 17.2 Å². The Balaban J connectivity index is 1.86. The molecule has 1 aliphatic rings. The van der Waals surface area contributed by atoms with Gasteiger partial charge in [0, 0.05) is 19.8 Å². The lowest BCUT2D eigenvalue weighted by Gasteiger charge is -2.31. The number of carbonyl (C=O) groups excluding carboxylic acids is 1. The van der Waals surface area contributed by atoms with Crippen molar-refractivity contribution in [3.8, 4) is 17.2 Å². The number of nitrogens with one attached hydrogen (secondary N) is 1. The van der Waals surface area contributed by atoms with E-state index < -0.39 is 28.1 Å². The quantitative estimate of drug-likeness (QED) is 0.772. The van der Waals surface area contributed by atoms with Crippen molar-refractivity contribution in [2.75, 3.05) is 26.0 Å². The molecular weight excluding hydrogens is 396 g/mol. The van der Waals surface area contributed by atoms with Gasteiger partial charge in [-0.15, -0.1) is 0 Å². The molecule has 1 heterocycles. The molecule has 0 bridgehead atoms. The Morgan fingerprint density at radius 2 is 1.79 bits per heavy atom. The number of anilines is 1. The normalized spacial score (nSPS) is 18.4. The number of para-hydroxylation sites is 2. The van der Waals surface area contributed by atoms with E-state index in [0.717, 1.165) is 4.31 Å². The number of hydrogen-bond donors (Lipinski definition) is 1. The van der Waals surface area contributed by atoms with Crippen molar-refractivity contribution in [1.29, 1.82) is 0 Å². The van der Waals surface area contributed by atoms with Crippen LogP contribution in [-0.4, -0.2) is 51.5 Å². The summed E-state index contributed by atoms with van der Waals surface area (Å²) in [5, 5.41) is 2.71. The molecule has 2 unspecified atom stereocenters. The molecule has 0 saturated carbocycles. The SMILES string of the molecule is CCOc1ccc(NC(=O)C2Oc3ccccc3OC2C)cc1S(=O)(=O)N(C)C. The third-order valence-corrected chi connectivity index (χ3v) is 6.21. The lowest BCUT2D eigenvalue weighted by atomic mass is 10.1. The first kappa shape index (κ1) is 20.9. The summed E-state index contributed by atoms with van der Waals surface area (Å²) >= 11 is 0. The molecule has 0 fully saturated rings. The summed E-state index contributed by atoms with van der Waals surface area (Å²) in [5.41, 5.74) is 0.313. The lowest BCUT2D eigenvalue weighted by Crippen LogP contribution is -2.46. The van der Waals surface area contributed by atoms with Crippen LogP contribution in [0.25, 0.3) is 0 Å². The standard InChI is InChI=1S/C20H24N2O6S/c1-5-26-17-11-10-14(12-18(17)29(24,25)22(3)4)21-20(23)19-13(2)27-15-8-6-7-9-16(15)28-19/h6-13,19H,5H2,1-4H3,(H,21,23).